The van der Waals surface area contributed by atoms with Crippen molar-refractivity contribution >= 4 is 40.8 Å². The van der Waals surface area contributed by atoms with Gasteiger partial charge in [-0.25, -0.2) is 4.79 Å². The van der Waals surface area contributed by atoms with Gasteiger partial charge in [0, 0.05) is 0 Å². The summed E-state index contributed by atoms with van der Waals surface area (Å²) in [6.45, 7) is 1.51. The van der Waals surface area contributed by atoms with Crippen LogP contribution in [0.2, 0.25) is 0 Å². The SMILES string of the molecule is COC(=O)C(Cl)(Cl)C(C)Cl. The molecular formula is C5H7Cl3O2. The van der Waals surface area contributed by atoms with Gasteiger partial charge in [0.25, 0.3) is 0 Å². The maximum absolute atomic E-state index is 10.7. The number of alkyl halides is 3. The van der Waals surface area contributed by atoms with Crippen LogP contribution in [0.1, 0.15) is 6.92 Å². The third-order valence-electron chi connectivity index (χ3n) is 0.957. The molecule has 0 radical (unpaired) electrons. The van der Waals surface area contributed by atoms with Crippen molar-refractivity contribution in [1.82, 2.24) is 0 Å². The van der Waals surface area contributed by atoms with Crippen LogP contribution in [0.15, 0.2) is 0 Å². The Morgan fingerprint density at radius 3 is 2.10 bits per heavy atom. The summed E-state index contributed by atoms with van der Waals surface area (Å²) in [4.78, 5) is 10.7. The second-order valence-corrected chi connectivity index (χ2v) is 3.77. The van der Waals surface area contributed by atoms with Crippen LogP contribution in [0.5, 0.6) is 0 Å². The summed E-state index contributed by atoms with van der Waals surface area (Å²) in [5.74, 6) is -0.738. The first-order valence-electron chi connectivity index (χ1n) is 2.53. The minimum Gasteiger partial charge on any atom is -0.467 e. The number of hydrogen-bond donors (Lipinski definition) is 0. The Morgan fingerprint density at radius 1 is 1.60 bits per heavy atom. The number of hydrogen-bond acceptors (Lipinski definition) is 2. The van der Waals surface area contributed by atoms with Crippen molar-refractivity contribution in [2.45, 2.75) is 16.6 Å². The van der Waals surface area contributed by atoms with Crippen LogP contribution < -0.4 is 0 Å². The van der Waals surface area contributed by atoms with Crippen LogP contribution in [0.3, 0.4) is 0 Å². The summed E-state index contributed by atoms with van der Waals surface area (Å²) < 4.78 is 2.65. The third kappa shape index (κ3) is 2.19. The Hall–Kier alpha value is 0.340. The van der Waals surface area contributed by atoms with Gasteiger partial charge in [0.1, 0.15) is 0 Å². The quantitative estimate of drug-likeness (QED) is 0.509. The predicted molar refractivity (Wildman–Crippen MR) is 41.8 cm³/mol. The second-order valence-electron chi connectivity index (χ2n) is 1.73. The Kier molecular flexibility index (Phi) is 3.77. The lowest BCUT2D eigenvalue weighted by Crippen LogP contribution is -2.35. The highest BCUT2D eigenvalue weighted by atomic mass is 35.5. The smallest absolute Gasteiger partial charge is 0.343 e. The summed E-state index contributed by atoms with van der Waals surface area (Å²) in [6.07, 6.45) is 0. The zero-order valence-electron chi connectivity index (χ0n) is 5.53. The zero-order chi connectivity index (χ0) is 8.36. The number of methoxy groups -OCH3 is 1. The van der Waals surface area contributed by atoms with Crippen molar-refractivity contribution in [2.24, 2.45) is 0 Å². The molecule has 10 heavy (non-hydrogen) atoms. The van der Waals surface area contributed by atoms with E-state index in [2.05, 4.69) is 4.74 Å². The molecule has 0 amide bonds. The van der Waals surface area contributed by atoms with Gasteiger partial charge in [0.2, 0.25) is 4.33 Å². The number of rotatable bonds is 2. The number of ether oxygens (including phenoxy) is 1. The highest BCUT2D eigenvalue weighted by Crippen LogP contribution is 2.30. The largest absolute Gasteiger partial charge is 0.467 e. The minimum atomic E-state index is -1.64. The van der Waals surface area contributed by atoms with Gasteiger partial charge in [-0.15, -0.1) is 11.6 Å². The molecule has 0 saturated carbocycles. The van der Waals surface area contributed by atoms with E-state index in [1.54, 1.807) is 0 Å². The first kappa shape index (κ1) is 10.3. The molecule has 0 bridgehead atoms. The Bertz CT molecular complexity index is 133. The van der Waals surface area contributed by atoms with E-state index in [-0.39, 0.29) is 0 Å². The van der Waals surface area contributed by atoms with Gasteiger partial charge >= 0.3 is 5.97 Å². The molecule has 1 atom stereocenters. The van der Waals surface area contributed by atoms with Crippen molar-refractivity contribution in [3.05, 3.63) is 0 Å². The molecule has 0 rings (SSSR count). The fourth-order valence-electron chi connectivity index (χ4n) is 0.298. The molecule has 0 saturated heterocycles. The molecule has 0 aromatic carbocycles. The first-order chi connectivity index (χ1) is 4.42. The molecule has 0 fully saturated rings. The van der Waals surface area contributed by atoms with Crippen LogP contribution in [0.4, 0.5) is 0 Å². The van der Waals surface area contributed by atoms with Crippen molar-refractivity contribution in [2.75, 3.05) is 7.11 Å². The van der Waals surface area contributed by atoms with Gasteiger partial charge in [-0.3, -0.25) is 0 Å². The normalized spacial score (nSPS) is 14.5. The molecule has 2 nitrogen and oxygen atoms in total. The highest BCUT2D eigenvalue weighted by molar-refractivity contribution is 6.60. The number of esters is 1. The number of carbonyl (C=O) groups excluding carboxylic acids is 1. The molecule has 0 N–H and O–H groups in total. The maximum Gasteiger partial charge on any atom is 0.343 e. The fraction of sp³-hybridized carbons (Fsp3) is 0.800. The molecule has 0 aromatic rings. The first-order valence-corrected chi connectivity index (χ1v) is 3.72. The third-order valence-corrected chi connectivity index (χ3v) is 2.47. The topological polar surface area (TPSA) is 26.3 Å². The monoisotopic (exact) mass is 204 g/mol. The molecule has 0 aliphatic rings. The van der Waals surface area contributed by atoms with Gasteiger partial charge in [-0.2, -0.15) is 0 Å². The van der Waals surface area contributed by atoms with Gasteiger partial charge in [-0.1, -0.05) is 23.2 Å². The highest BCUT2D eigenvalue weighted by Gasteiger charge is 2.40. The fourth-order valence-corrected chi connectivity index (χ4v) is 0.542. The van der Waals surface area contributed by atoms with Gasteiger partial charge < -0.3 is 4.74 Å². The maximum atomic E-state index is 10.7. The average molecular weight is 205 g/mol. The van der Waals surface area contributed by atoms with Crippen LogP contribution >= 0.6 is 34.8 Å². The van der Waals surface area contributed by atoms with E-state index in [0.717, 1.165) is 0 Å². The zero-order valence-corrected chi connectivity index (χ0v) is 7.80. The van der Waals surface area contributed by atoms with E-state index < -0.39 is 15.7 Å². The molecule has 0 aromatic heterocycles. The van der Waals surface area contributed by atoms with E-state index in [4.69, 9.17) is 34.8 Å². The van der Waals surface area contributed by atoms with Gasteiger partial charge in [0.15, 0.2) is 0 Å². The van der Waals surface area contributed by atoms with E-state index in [9.17, 15) is 4.79 Å². The van der Waals surface area contributed by atoms with Gasteiger partial charge in [0.05, 0.1) is 12.5 Å². The van der Waals surface area contributed by atoms with Crippen molar-refractivity contribution in [3.8, 4) is 0 Å². The van der Waals surface area contributed by atoms with Crippen LogP contribution in [0, 0.1) is 0 Å². The Morgan fingerprint density at radius 2 is 2.00 bits per heavy atom. The summed E-state index contributed by atoms with van der Waals surface area (Å²) in [6, 6.07) is 0. The minimum absolute atomic E-state index is 0.678. The number of carbonyl (C=O) groups is 1. The summed E-state index contributed by atoms with van der Waals surface area (Å²) in [5, 5.41) is -0.678. The van der Waals surface area contributed by atoms with Crippen LogP contribution in [0.25, 0.3) is 0 Å². The van der Waals surface area contributed by atoms with Crippen LogP contribution in [-0.4, -0.2) is 22.8 Å². The lowest BCUT2D eigenvalue weighted by Gasteiger charge is -2.18. The molecule has 0 spiro atoms. The predicted octanol–water partition coefficient (Wildman–Crippen LogP) is 1.96. The molecule has 0 heterocycles. The standard InChI is InChI=1S/C5H7Cl3O2/c1-3(6)5(7,8)4(9)10-2/h3H,1-2H3. The molecule has 0 aliphatic heterocycles. The lowest BCUT2D eigenvalue weighted by atomic mass is 10.3. The van der Waals surface area contributed by atoms with E-state index in [0.29, 0.717) is 0 Å². The summed E-state index contributed by atoms with van der Waals surface area (Å²) >= 11 is 16.4. The molecule has 60 valence electrons. The molecule has 0 aliphatic carbocycles. The Balaban J connectivity index is 4.24. The van der Waals surface area contributed by atoms with Crippen LogP contribution in [-0.2, 0) is 9.53 Å². The molecular weight excluding hydrogens is 198 g/mol. The Labute approximate surface area is 74.4 Å². The molecule has 1 unspecified atom stereocenters. The lowest BCUT2D eigenvalue weighted by molar-refractivity contribution is -0.141. The van der Waals surface area contributed by atoms with Crippen molar-refractivity contribution in [3.63, 3.8) is 0 Å². The van der Waals surface area contributed by atoms with Crippen molar-refractivity contribution < 1.29 is 9.53 Å². The van der Waals surface area contributed by atoms with E-state index in [1.165, 1.54) is 14.0 Å². The van der Waals surface area contributed by atoms with E-state index >= 15 is 0 Å². The van der Waals surface area contributed by atoms with E-state index in [1.807, 2.05) is 0 Å². The second kappa shape index (κ2) is 3.65. The number of halogens is 3. The summed E-state index contributed by atoms with van der Waals surface area (Å²) in [7, 11) is 1.20. The van der Waals surface area contributed by atoms with Gasteiger partial charge in [-0.05, 0) is 6.92 Å². The molecule has 5 heteroatoms. The summed E-state index contributed by atoms with van der Waals surface area (Å²) in [5.41, 5.74) is 0. The van der Waals surface area contributed by atoms with Crippen molar-refractivity contribution in [1.29, 1.82) is 0 Å². The average Bonchev–Trinajstić information content (AvgIpc) is 1.86.